The smallest absolute Gasteiger partial charge is 0.253 e. The SMILES string of the molecule is CCCNc1ccccc1C(=O)NCc1ccncc1C. The van der Waals surface area contributed by atoms with Crippen molar-refractivity contribution in [3.05, 3.63) is 59.4 Å². The number of anilines is 1. The van der Waals surface area contributed by atoms with Crippen LogP contribution >= 0.6 is 0 Å². The van der Waals surface area contributed by atoms with Crippen molar-refractivity contribution >= 4 is 11.6 Å². The molecule has 0 aliphatic heterocycles. The van der Waals surface area contributed by atoms with Crippen LogP contribution in [0.3, 0.4) is 0 Å². The van der Waals surface area contributed by atoms with Gasteiger partial charge in [-0.2, -0.15) is 0 Å². The quantitative estimate of drug-likeness (QED) is 0.856. The van der Waals surface area contributed by atoms with E-state index in [1.165, 1.54) is 0 Å². The molecule has 0 radical (unpaired) electrons. The maximum absolute atomic E-state index is 12.3. The van der Waals surface area contributed by atoms with Crippen molar-refractivity contribution in [1.29, 1.82) is 0 Å². The first kappa shape index (κ1) is 15.0. The lowest BCUT2D eigenvalue weighted by molar-refractivity contribution is 0.0951. The van der Waals surface area contributed by atoms with Gasteiger partial charge in [0.05, 0.1) is 5.56 Å². The van der Waals surface area contributed by atoms with Crippen LogP contribution in [0.1, 0.15) is 34.8 Å². The molecule has 1 aromatic carbocycles. The van der Waals surface area contributed by atoms with Gasteiger partial charge in [0.25, 0.3) is 5.91 Å². The number of nitrogens with one attached hydrogen (secondary N) is 2. The predicted octanol–water partition coefficient (Wildman–Crippen LogP) is 3.14. The molecule has 1 aromatic heterocycles. The molecular weight excluding hydrogens is 262 g/mol. The number of nitrogens with zero attached hydrogens (tertiary/aromatic N) is 1. The number of aromatic nitrogens is 1. The van der Waals surface area contributed by atoms with Gasteiger partial charge in [0.1, 0.15) is 0 Å². The van der Waals surface area contributed by atoms with Gasteiger partial charge in [-0.05, 0) is 42.7 Å². The Hall–Kier alpha value is -2.36. The van der Waals surface area contributed by atoms with Gasteiger partial charge in [0, 0.05) is 31.2 Å². The molecule has 0 spiro atoms. The fourth-order valence-corrected chi connectivity index (χ4v) is 2.07. The van der Waals surface area contributed by atoms with Gasteiger partial charge >= 0.3 is 0 Å². The lowest BCUT2D eigenvalue weighted by Crippen LogP contribution is -2.24. The second kappa shape index (κ2) is 7.43. The fraction of sp³-hybridized carbons (Fsp3) is 0.294. The highest BCUT2D eigenvalue weighted by Crippen LogP contribution is 2.15. The number of hydrogen-bond acceptors (Lipinski definition) is 3. The fourth-order valence-electron chi connectivity index (χ4n) is 2.07. The molecule has 0 saturated heterocycles. The van der Waals surface area contributed by atoms with Crippen molar-refractivity contribution < 1.29 is 4.79 Å². The van der Waals surface area contributed by atoms with Gasteiger partial charge in [-0.25, -0.2) is 0 Å². The molecule has 0 bridgehead atoms. The summed E-state index contributed by atoms with van der Waals surface area (Å²) in [4.78, 5) is 16.4. The Labute approximate surface area is 125 Å². The highest BCUT2D eigenvalue weighted by molar-refractivity contribution is 5.99. The first-order valence-electron chi connectivity index (χ1n) is 7.23. The molecule has 0 unspecified atom stereocenters. The summed E-state index contributed by atoms with van der Waals surface area (Å²) in [5.41, 5.74) is 3.72. The van der Waals surface area contributed by atoms with Crippen molar-refractivity contribution in [1.82, 2.24) is 10.3 Å². The van der Waals surface area contributed by atoms with Crippen LogP contribution in [0, 0.1) is 6.92 Å². The molecule has 4 nitrogen and oxygen atoms in total. The molecule has 4 heteroatoms. The lowest BCUT2D eigenvalue weighted by Gasteiger charge is -2.12. The first-order chi connectivity index (χ1) is 10.2. The van der Waals surface area contributed by atoms with Crippen LogP contribution in [-0.2, 0) is 6.54 Å². The summed E-state index contributed by atoms with van der Waals surface area (Å²) in [6.45, 7) is 5.45. The second-order valence-corrected chi connectivity index (χ2v) is 4.96. The van der Waals surface area contributed by atoms with E-state index >= 15 is 0 Å². The van der Waals surface area contributed by atoms with E-state index in [-0.39, 0.29) is 5.91 Å². The van der Waals surface area contributed by atoms with E-state index in [1.54, 1.807) is 12.4 Å². The first-order valence-corrected chi connectivity index (χ1v) is 7.23. The van der Waals surface area contributed by atoms with Crippen LogP contribution in [0.15, 0.2) is 42.7 Å². The maximum Gasteiger partial charge on any atom is 0.253 e. The molecule has 0 aliphatic rings. The van der Waals surface area contributed by atoms with Gasteiger partial charge in [0.15, 0.2) is 0 Å². The highest BCUT2D eigenvalue weighted by Gasteiger charge is 2.10. The van der Waals surface area contributed by atoms with E-state index in [0.717, 1.165) is 29.8 Å². The van der Waals surface area contributed by atoms with Crippen molar-refractivity contribution in [3.8, 4) is 0 Å². The summed E-state index contributed by atoms with van der Waals surface area (Å²) >= 11 is 0. The zero-order valence-corrected chi connectivity index (χ0v) is 12.5. The molecule has 21 heavy (non-hydrogen) atoms. The summed E-state index contributed by atoms with van der Waals surface area (Å²) in [7, 11) is 0. The Balaban J connectivity index is 2.05. The van der Waals surface area contributed by atoms with Crippen LogP contribution in [-0.4, -0.2) is 17.4 Å². The van der Waals surface area contributed by atoms with Gasteiger partial charge in [-0.1, -0.05) is 19.1 Å². The Bertz CT molecular complexity index is 610. The number of hydrogen-bond donors (Lipinski definition) is 2. The van der Waals surface area contributed by atoms with Crippen molar-refractivity contribution in [3.63, 3.8) is 0 Å². The third-order valence-electron chi connectivity index (χ3n) is 3.31. The van der Waals surface area contributed by atoms with Crippen molar-refractivity contribution in [2.45, 2.75) is 26.8 Å². The third-order valence-corrected chi connectivity index (χ3v) is 3.31. The van der Waals surface area contributed by atoms with Gasteiger partial charge in [-0.15, -0.1) is 0 Å². The minimum Gasteiger partial charge on any atom is -0.384 e. The molecule has 0 saturated carbocycles. The summed E-state index contributed by atoms with van der Waals surface area (Å²) in [6.07, 6.45) is 4.57. The molecule has 0 aliphatic carbocycles. The number of benzene rings is 1. The second-order valence-electron chi connectivity index (χ2n) is 4.96. The van der Waals surface area contributed by atoms with Crippen molar-refractivity contribution in [2.24, 2.45) is 0 Å². The normalized spacial score (nSPS) is 10.2. The largest absolute Gasteiger partial charge is 0.384 e. The molecule has 2 rings (SSSR count). The Morgan fingerprint density at radius 3 is 2.81 bits per heavy atom. The van der Waals surface area contributed by atoms with E-state index in [9.17, 15) is 4.79 Å². The zero-order chi connectivity index (χ0) is 15.1. The third kappa shape index (κ3) is 4.05. The average Bonchev–Trinajstić information content (AvgIpc) is 2.52. The highest BCUT2D eigenvalue weighted by atomic mass is 16.1. The standard InChI is InChI=1S/C17H21N3O/c1-3-9-19-16-7-5-4-6-15(16)17(21)20-12-14-8-10-18-11-13(14)2/h4-8,10-11,19H,3,9,12H2,1-2H3,(H,20,21). The molecular formula is C17H21N3O. The van der Waals surface area contributed by atoms with Crippen LogP contribution < -0.4 is 10.6 Å². The lowest BCUT2D eigenvalue weighted by atomic mass is 10.1. The Morgan fingerprint density at radius 2 is 2.05 bits per heavy atom. The molecule has 1 heterocycles. The van der Waals surface area contributed by atoms with Crippen LogP contribution in [0.4, 0.5) is 5.69 Å². The van der Waals surface area contributed by atoms with Crippen LogP contribution in [0.25, 0.3) is 0 Å². The van der Waals surface area contributed by atoms with E-state index in [4.69, 9.17) is 0 Å². The van der Waals surface area contributed by atoms with Crippen LogP contribution in [0.2, 0.25) is 0 Å². The number of carbonyl (C=O) groups excluding carboxylic acids is 1. The van der Waals surface area contributed by atoms with E-state index in [2.05, 4.69) is 22.5 Å². The molecule has 2 N–H and O–H groups in total. The summed E-state index contributed by atoms with van der Waals surface area (Å²) in [5, 5.41) is 6.25. The number of amides is 1. The molecule has 2 aromatic rings. The zero-order valence-electron chi connectivity index (χ0n) is 12.5. The molecule has 110 valence electrons. The summed E-state index contributed by atoms with van der Waals surface area (Å²) < 4.78 is 0. The number of para-hydroxylation sites is 1. The minimum atomic E-state index is -0.0644. The summed E-state index contributed by atoms with van der Waals surface area (Å²) in [6, 6.07) is 9.51. The number of carbonyl (C=O) groups is 1. The number of rotatable bonds is 6. The monoisotopic (exact) mass is 283 g/mol. The van der Waals surface area contributed by atoms with E-state index in [0.29, 0.717) is 12.1 Å². The van der Waals surface area contributed by atoms with Gasteiger partial charge in [0.2, 0.25) is 0 Å². The Morgan fingerprint density at radius 1 is 1.24 bits per heavy atom. The molecule has 0 atom stereocenters. The molecule has 0 fully saturated rings. The van der Waals surface area contributed by atoms with Crippen LogP contribution in [0.5, 0.6) is 0 Å². The number of aryl methyl sites for hydroxylation is 1. The average molecular weight is 283 g/mol. The Kier molecular flexibility index (Phi) is 5.32. The topological polar surface area (TPSA) is 54.0 Å². The minimum absolute atomic E-state index is 0.0644. The van der Waals surface area contributed by atoms with Gasteiger partial charge < -0.3 is 10.6 Å². The van der Waals surface area contributed by atoms with Crippen molar-refractivity contribution in [2.75, 3.05) is 11.9 Å². The molecule has 1 amide bonds. The summed E-state index contributed by atoms with van der Waals surface area (Å²) in [5.74, 6) is -0.0644. The van der Waals surface area contributed by atoms with Gasteiger partial charge in [-0.3, -0.25) is 9.78 Å². The maximum atomic E-state index is 12.3. The van der Waals surface area contributed by atoms with E-state index in [1.807, 2.05) is 37.3 Å². The van der Waals surface area contributed by atoms with E-state index < -0.39 is 0 Å². The number of pyridine rings is 1. The predicted molar refractivity (Wildman–Crippen MR) is 85.4 cm³/mol.